The zero-order valence-electron chi connectivity index (χ0n) is 18.8. The maximum Gasteiger partial charge on any atom is 0.326 e. The van der Waals surface area contributed by atoms with E-state index >= 15 is 0 Å². The molecule has 0 fully saturated rings. The maximum absolute atomic E-state index is 11.4. The van der Waals surface area contributed by atoms with Crippen LogP contribution in [0.2, 0.25) is 0 Å². The summed E-state index contributed by atoms with van der Waals surface area (Å²) in [5.41, 5.74) is 7.98. The first-order chi connectivity index (χ1) is 16.3. The van der Waals surface area contributed by atoms with Crippen LogP contribution in [0.1, 0.15) is 22.3 Å². The summed E-state index contributed by atoms with van der Waals surface area (Å²) >= 11 is 0. The molecule has 5 nitrogen and oxygen atoms in total. The van der Waals surface area contributed by atoms with Crippen LogP contribution in [0.4, 0.5) is 5.69 Å². The highest BCUT2D eigenvalue weighted by molar-refractivity contribution is 7.85. The van der Waals surface area contributed by atoms with Crippen molar-refractivity contribution in [2.24, 2.45) is 0 Å². The third kappa shape index (κ3) is 5.33. The Morgan fingerprint density at radius 1 is 0.912 bits per heavy atom. The van der Waals surface area contributed by atoms with Crippen LogP contribution in [-0.4, -0.2) is 25.4 Å². The fourth-order valence-electron chi connectivity index (χ4n) is 3.87. The number of aryl methyl sites for hydroxylation is 1. The van der Waals surface area contributed by atoms with E-state index in [1.54, 1.807) is 6.07 Å². The van der Waals surface area contributed by atoms with Crippen molar-refractivity contribution in [2.45, 2.75) is 18.4 Å². The standard InChI is InChI=1S/C28H24N2O3S/c1-20-17-24(13-16-27(20)30-19-21-7-6-10-26(18-21)34(31,32)33)28(22-8-4-3-5-9-22)23-11-14-25(29-2)15-12-23/h3-18H,2,19H2,1H3,(H,31,32,33)/p+1. The minimum atomic E-state index is -4.23. The summed E-state index contributed by atoms with van der Waals surface area (Å²) in [5, 5.41) is 3.36. The van der Waals surface area contributed by atoms with Crippen LogP contribution >= 0.6 is 0 Å². The van der Waals surface area contributed by atoms with Gasteiger partial charge in [-0.2, -0.15) is 8.42 Å². The monoisotopic (exact) mass is 469 g/mol. The van der Waals surface area contributed by atoms with Crippen molar-refractivity contribution in [2.75, 3.05) is 5.32 Å². The summed E-state index contributed by atoms with van der Waals surface area (Å²) in [7, 11) is -4.23. The summed E-state index contributed by atoms with van der Waals surface area (Å²) in [5.74, 6) is 0. The molecule has 0 heterocycles. The first kappa shape index (κ1) is 23.2. The van der Waals surface area contributed by atoms with Crippen molar-refractivity contribution in [1.29, 1.82) is 0 Å². The van der Waals surface area contributed by atoms with Crippen LogP contribution in [0, 0.1) is 6.92 Å². The van der Waals surface area contributed by atoms with Crippen LogP contribution in [0.3, 0.4) is 0 Å². The molecule has 0 amide bonds. The van der Waals surface area contributed by atoms with E-state index in [1.165, 1.54) is 12.1 Å². The van der Waals surface area contributed by atoms with Gasteiger partial charge in [0.2, 0.25) is 0 Å². The predicted molar refractivity (Wildman–Crippen MR) is 140 cm³/mol. The minimum absolute atomic E-state index is 0.112. The number of hydrogen-bond acceptors (Lipinski definition) is 3. The number of nitrogens with one attached hydrogen (secondary N) is 1. The SMILES string of the molecule is C=[N+]=C1C=CC(=C(c2ccccc2)c2ccc(NCc3cccc(S(=O)(=O)O)c3)c(C)c2)C=C1. The third-order valence-corrected chi connectivity index (χ3v) is 6.45. The largest absolute Gasteiger partial charge is 0.381 e. The van der Waals surface area contributed by atoms with Crippen molar-refractivity contribution in [3.63, 3.8) is 0 Å². The number of hydrogen-bond donors (Lipinski definition) is 2. The van der Waals surface area contributed by atoms with Gasteiger partial charge in [0.25, 0.3) is 16.8 Å². The van der Waals surface area contributed by atoms with Gasteiger partial charge in [-0.3, -0.25) is 4.55 Å². The summed E-state index contributed by atoms with van der Waals surface area (Å²) in [6.07, 6.45) is 8.01. The quantitative estimate of drug-likeness (QED) is 0.303. The molecule has 170 valence electrons. The van der Waals surface area contributed by atoms with Gasteiger partial charge in [0.1, 0.15) is 0 Å². The topological polar surface area (TPSA) is 80.5 Å². The van der Waals surface area contributed by atoms with Crippen molar-refractivity contribution >= 4 is 33.8 Å². The number of allylic oxidation sites excluding steroid dienone is 5. The average Bonchev–Trinajstić information content (AvgIpc) is 2.84. The van der Waals surface area contributed by atoms with Crippen molar-refractivity contribution < 1.29 is 13.0 Å². The molecule has 0 aliphatic heterocycles. The molecule has 1 aliphatic carbocycles. The molecule has 0 spiro atoms. The predicted octanol–water partition coefficient (Wildman–Crippen LogP) is 4.99. The van der Waals surface area contributed by atoms with Gasteiger partial charge in [0.05, 0.1) is 4.90 Å². The molecule has 2 N–H and O–H groups in total. The highest BCUT2D eigenvalue weighted by Gasteiger charge is 2.14. The Hall–Kier alpha value is -3.96. The van der Waals surface area contributed by atoms with Gasteiger partial charge >= 0.3 is 5.71 Å². The van der Waals surface area contributed by atoms with Gasteiger partial charge < -0.3 is 5.32 Å². The zero-order valence-corrected chi connectivity index (χ0v) is 19.6. The van der Waals surface area contributed by atoms with Crippen LogP contribution in [0.25, 0.3) is 5.57 Å². The second-order valence-corrected chi connectivity index (χ2v) is 9.37. The number of rotatable bonds is 6. The van der Waals surface area contributed by atoms with Crippen LogP contribution in [0.15, 0.2) is 108 Å². The summed E-state index contributed by atoms with van der Waals surface area (Å²) in [4.78, 5) is -0.112. The molecular weight excluding hydrogens is 444 g/mol. The van der Waals surface area contributed by atoms with E-state index in [2.05, 4.69) is 53.1 Å². The first-order valence-electron chi connectivity index (χ1n) is 10.8. The Morgan fingerprint density at radius 3 is 2.29 bits per heavy atom. The number of nitrogens with zero attached hydrogens (tertiary/aromatic N) is 1. The van der Waals surface area contributed by atoms with Crippen molar-refractivity contribution in [1.82, 2.24) is 4.67 Å². The lowest BCUT2D eigenvalue weighted by atomic mass is 9.90. The molecule has 4 rings (SSSR count). The van der Waals surface area contributed by atoms with E-state index in [9.17, 15) is 13.0 Å². The van der Waals surface area contributed by atoms with E-state index in [0.29, 0.717) is 6.54 Å². The molecular formula is C28H25N2O3S+. The normalized spacial score (nSPS) is 13.0. The molecule has 3 aromatic carbocycles. The Labute approximate surface area is 200 Å². The van der Waals surface area contributed by atoms with E-state index < -0.39 is 10.1 Å². The van der Waals surface area contributed by atoms with Gasteiger partial charge in [-0.15, -0.1) is 4.67 Å². The molecule has 0 saturated heterocycles. The molecule has 0 radical (unpaired) electrons. The molecule has 3 aromatic rings. The van der Waals surface area contributed by atoms with Gasteiger partial charge in [-0.25, -0.2) is 0 Å². The van der Waals surface area contributed by atoms with Gasteiger partial charge in [0.15, 0.2) is 0 Å². The molecule has 34 heavy (non-hydrogen) atoms. The minimum Gasteiger partial charge on any atom is -0.381 e. The van der Waals surface area contributed by atoms with E-state index in [0.717, 1.165) is 44.8 Å². The van der Waals surface area contributed by atoms with Gasteiger partial charge in [-0.1, -0.05) is 48.5 Å². The van der Waals surface area contributed by atoms with Gasteiger partial charge in [0, 0.05) is 24.4 Å². The third-order valence-electron chi connectivity index (χ3n) is 5.60. The summed E-state index contributed by atoms with van der Waals surface area (Å²) < 4.78 is 36.1. The zero-order chi connectivity index (χ0) is 24.1. The molecule has 6 heteroatoms. The van der Waals surface area contributed by atoms with Gasteiger partial charge in [-0.05, 0) is 76.7 Å². The second-order valence-electron chi connectivity index (χ2n) is 7.95. The molecule has 0 aromatic heterocycles. The molecule has 0 unspecified atom stereocenters. The lowest BCUT2D eigenvalue weighted by Crippen LogP contribution is -2.04. The lowest BCUT2D eigenvalue weighted by molar-refractivity contribution is 0.483. The highest BCUT2D eigenvalue weighted by Crippen LogP contribution is 2.31. The Balaban J connectivity index is 1.65. The number of benzene rings is 3. The van der Waals surface area contributed by atoms with E-state index in [1.807, 2.05) is 49.4 Å². The average molecular weight is 470 g/mol. The first-order valence-corrected chi connectivity index (χ1v) is 12.2. The van der Waals surface area contributed by atoms with E-state index in [-0.39, 0.29) is 4.90 Å². The summed E-state index contributed by atoms with van der Waals surface area (Å²) in [6.45, 7) is 6.05. The second kappa shape index (κ2) is 9.89. The van der Waals surface area contributed by atoms with Crippen LogP contribution in [-0.2, 0) is 16.7 Å². The fourth-order valence-corrected chi connectivity index (χ4v) is 4.42. The Kier molecular flexibility index (Phi) is 6.75. The lowest BCUT2D eigenvalue weighted by Gasteiger charge is -2.16. The van der Waals surface area contributed by atoms with Crippen molar-refractivity contribution in [3.05, 3.63) is 125 Å². The molecule has 0 bridgehead atoms. The van der Waals surface area contributed by atoms with Crippen LogP contribution < -0.4 is 9.98 Å². The molecule has 0 atom stereocenters. The highest BCUT2D eigenvalue weighted by atomic mass is 32.2. The number of anilines is 1. The summed E-state index contributed by atoms with van der Waals surface area (Å²) in [6, 6.07) is 22.8. The molecule has 0 saturated carbocycles. The fraction of sp³-hybridized carbons (Fsp3) is 0.0714. The Morgan fingerprint density at radius 2 is 1.65 bits per heavy atom. The van der Waals surface area contributed by atoms with Crippen molar-refractivity contribution in [3.8, 4) is 0 Å². The van der Waals surface area contributed by atoms with E-state index in [4.69, 9.17) is 0 Å². The maximum atomic E-state index is 11.4. The smallest absolute Gasteiger partial charge is 0.326 e. The Bertz CT molecular complexity index is 1460. The molecule has 1 aliphatic rings. The van der Waals surface area contributed by atoms with Crippen LogP contribution in [0.5, 0.6) is 0 Å².